The molecular weight excluding hydrogens is 276 g/mol. The first-order chi connectivity index (χ1) is 8.28. The monoisotopic (exact) mass is 294 g/mol. The molecule has 3 heteroatoms. The lowest BCUT2D eigenvalue weighted by Crippen LogP contribution is -2.29. The van der Waals surface area contributed by atoms with Crippen LogP contribution in [0.2, 0.25) is 0 Å². The standard InChI is InChI=1S/C14H19BrN2/c1-16-14(11-6-12(15)8-17-7-11)13-5-9-2-3-10(13)4-9/h6-10,13-14,16H,2-5H2,1H3. The fourth-order valence-electron chi connectivity index (χ4n) is 3.93. The number of fused-ring (bicyclic) bond motifs is 2. The van der Waals surface area contributed by atoms with Gasteiger partial charge in [-0.2, -0.15) is 0 Å². The van der Waals surface area contributed by atoms with Gasteiger partial charge < -0.3 is 5.32 Å². The zero-order valence-corrected chi connectivity index (χ0v) is 11.8. The number of pyridine rings is 1. The van der Waals surface area contributed by atoms with Crippen molar-refractivity contribution < 1.29 is 0 Å². The predicted molar refractivity (Wildman–Crippen MR) is 72.7 cm³/mol. The van der Waals surface area contributed by atoms with Crippen molar-refractivity contribution >= 4 is 15.9 Å². The molecule has 2 nitrogen and oxygen atoms in total. The third kappa shape index (κ3) is 2.15. The van der Waals surface area contributed by atoms with Crippen LogP contribution in [0.4, 0.5) is 0 Å². The Balaban J connectivity index is 1.84. The van der Waals surface area contributed by atoms with Crippen LogP contribution < -0.4 is 5.32 Å². The summed E-state index contributed by atoms with van der Waals surface area (Å²) in [4.78, 5) is 4.30. The summed E-state index contributed by atoms with van der Waals surface area (Å²) in [6.07, 6.45) is 9.64. The zero-order valence-electron chi connectivity index (χ0n) is 10.2. The lowest BCUT2D eigenvalue weighted by molar-refractivity contribution is 0.259. The Bertz CT molecular complexity index is 407. The van der Waals surface area contributed by atoms with E-state index in [4.69, 9.17) is 0 Å². The van der Waals surface area contributed by atoms with Crippen LogP contribution in [0.25, 0.3) is 0 Å². The molecule has 0 radical (unpaired) electrons. The molecule has 2 aliphatic carbocycles. The molecule has 4 atom stereocenters. The maximum atomic E-state index is 4.30. The van der Waals surface area contributed by atoms with E-state index in [0.717, 1.165) is 22.2 Å². The number of rotatable bonds is 3. The Morgan fingerprint density at radius 2 is 2.24 bits per heavy atom. The van der Waals surface area contributed by atoms with Crippen LogP contribution in [0.3, 0.4) is 0 Å². The molecular formula is C14H19BrN2. The van der Waals surface area contributed by atoms with E-state index in [9.17, 15) is 0 Å². The number of hydrogen-bond donors (Lipinski definition) is 1. The maximum Gasteiger partial charge on any atom is 0.0410 e. The summed E-state index contributed by atoms with van der Waals surface area (Å²) in [7, 11) is 2.08. The largest absolute Gasteiger partial charge is 0.313 e. The SMILES string of the molecule is CNC(c1cncc(Br)c1)C1CC2CCC1C2. The van der Waals surface area contributed by atoms with Gasteiger partial charge in [-0.15, -0.1) is 0 Å². The minimum atomic E-state index is 0.482. The zero-order chi connectivity index (χ0) is 11.8. The maximum absolute atomic E-state index is 4.30. The van der Waals surface area contributed by atoms with Gasteiger partial charge >= 0.3 is 0 Å². The third-order valence-corrected chi connectivity index (χ3v) is 5.05. The average molecular weight is 295 g/mol. The van der Waals surface area contributed by atoms with Crippen molar-refractivity contribution in [2.24, 2.45) is 17.8 Å². The number of nitrogens with zero attached hydrogens (tertiary/aromatic N) is 1. The Hall–Kier alpha value is -0.410. The summed E-state index contributed by atoms with van der Waals surface area (Å²) >= 11 is 3.52. The van der Waals surface area contributed by atoms with Gasteiger partial charge in [0, 0.05) is 22.9 Å². The van der Waals surface area contributed by atoms with Crippen molar-refractivity contribution in [2.45, 2.75) is 31.7 Å². The van der Waals surface area contributed by atoms with Crippen molar-refractivity contribution in [1.29, 1.82) is 0 Å². The van der Waals surface area contributed by atoms with Gasteiger partial charge in [0.25, 0.3) is 0 Å². The highest BCUT2D eigenvalue weighted by Gasteiger charge is 2.43. The van der Waals surface area contributed by atoms with Crippen LogP contribution in [0, 0.1) is 17.8 Å². The summed E-state index contributed by atoms with van der Waals surface area (Å²) in [5.74, 6) is 2.76. The predicted octanol–water partition coefficient (Wildman–Crippen LogP) is 3.54. The van der Waals surface area contributed by atoms with E-state index in [0.29, 0.717) is 6.04 Å². The first-order valence-corrected chi connectivity index (χ1v) is 7.35. The molecule has 1 aromatic rings. The van der Waals surface area contributed by atoms with E-state index in [1.165, 1.54) is 31.2 Å². The second-order valence-corrected chi connectivity index (χ2v) is 6.46. The van der Waals surface area contributed by atoms with Crippen LogP contribution in [0.1, 0.15) is 37.3 Å². The molecule has 0 saturated heterocycles. The van der Waals surface area contributed by atoms with Gasteiger partial charge in [-0.1, -0.05) is 6.42 Å². The lowest BCUT2D eigenvalue weighted by atomic mass is 9.81. The highest BCUT2D eigenvalue weighted by Crippen LogP contribution is 2.52. The molecule has 4 unspecified atom stereocenters. The summed E-state index contributed by atoms with van der Waals surface area (Å²) in [5, 5.41) is 3.51. The van der Waals surface area contributed by atoms with Gasteiger partial charge in [-0.25, -0.2) is 0 Å². The van der Waals surface area contributed by atoms with E-state index in [1.54, 1.807) is 0 Å². The number of nitrogens with one attached hydrogen (secondary N) is 1. The molecule has 0 aliphatic heterocycles. The minimum Gasteiger partial charge on any atom is -0.313 e. The molecule has 3 rings (SSSR count). The second-order valence-electron chi connectivity index (χ2n) is 5.54. The van der Waals surface area contributed by atoms with Crippen LogP contribution in [-0.2, 0) is 0 Å². The third-order valence-electron chi connectivity index (χ3n) is 4.62. The average Bonchev–Trinajstić information content (AvgIpc) is 2.92. The van der Waals surface area contributed by atoms with E-state index in [2.05, 4.69) is 39.3 Å². The molecule has 92 valence electrons. The molecule has 0 amide bonds. The molecule has 2 bridgehead atoms. The molecule has 1 aromatic heterocycles. The normalized spacial score (nSPS) is 32.9. The van der Waals surface area contributed by atoms with Gasteiger partial charge in [-0.05, 0) is 71.6 Å². The van der Waals surface area contributed by atoms with Gasteiger partial charge in [0.2, 0.25) is 0 Å². The number of hydrogen-bond acceptors (Lipinski definition) is 2. The van der Waals surface area contributed by atoms with Crippen molar-refractivity contribution in [3.8, 4) is 0 Å². The first-order valence-electron chi connectivity index (χ1n) is 6.55. The Kier molecular flexibility index (Phi) is 3.22. The van der Waals surface area contributed by atoms with Crippen molar-refractivity contribution in [2.75, 3.05) is 7.05 Å². The molecule has 2 aliphatic rings. The molecule has 1 N–H and O–H groups in total. The van der Waals surface area contributed by atoms with E-state index >= 15 is 0 Å². The quantitative estimate of drug-likeness (QED) is 0.922. The van der Waals surface area contributed by atoms with E-state index in [-0.39, 0.29) is 0 Å². The molecule has 2 fully saturated rings. The highest BCUT2D eigenvalue weighted by molar-refractivity contribution is 9.10. The molecule has 2 saturated carbocycles. The van der Waals surface area contributed by atoms with Gasteiger partial charge in [0.05, 0.1) is 0 Å². The van der Waals surface area contributed by atoms with Gasteiger partial charge in [-0.3, -0.25) is 4.98 Å². The van der Waals surface area contributed by atoms with Gasteiger partial charge in [0.1, 0.15) is 0 Å². The highest BCUT2D eigenvalue weighted by atomic mass is 79.9. The molecule has 17 heavy (non-hydrogen) atoms. The summed E-state index contributed by atoms with van der Waals surface area (Å²) in [6.45, 7) is 0. The van der Waals surface area contributed by atoms with E-state index < -0.39 is 0 Å². The Morgan fingerprint density at radius 1 is 1.35 bits per heavy atom. The van der Waals surface area contributed by atoms with Crippen molar-refractivity contribution in [3.63, 3.8) is 0 Å². The molecule has 0 aromatic carbocycles. The minimum absolute atomic E-state index is 0.482. The fourth-order valence-corrected chi connectivity index (χ4v) is 4.31. The van der Waals surface area contributed by atoms with Crippen LogP contribution in [0.15, 0.2) is 22.9 Å². The fraction of sp³-hybridized carbons (Fsp3) is 0.643. The second kappa shape index (κ2) is 4.69. The lowest BCUT2D eigenvalue weighted by Gasteiger charge is -2.30. The van der Waals surface area contributed by atoms with E-state index in [1.807, 2.05) is 12.4 Å². The number of aromatic nitrogens is 1. The molecule has 0 spiro atoms. The van der Waals surface area contributed by atoms with Crippen molar-refractivity contribution in [3.05, 3.63) is 28.5 Å². The van der Waals surface area contributed by atoms with Crippen LogP contribution in [-0.4, -0.2) is 12.0 Å². The number of halogens is 1. The Morgan fingerprint density at radius 3 is 2.82 bits per heavy atom. The van der Waals surface area contributed by atoms with Gasteiger partial charge in [0.15, 0.2) is 0 Å². The van der Waals surface area contributed by atoms with Crippen LogP contribution >= 0.6 is 15.9 Å². The first kappa shape index (κ1) is 11.7. The summed E-state index contributed by atoms with van der Waals surface area (Å²) in [5.41, 5.74) is 1.33. The summed E-state index contributed by atoms with van der Waals surface area (Å²) < 4.78 is 1.08. The topological polar surface area (TPSA) is 24.9 Å². The van der Waals surface area contributed by atoms with Crippen LogP contribution in [0.5, 0.6) is 0 Å². The Labute approximate surface area is 111 Å². The smallest absolute Gasteiger partial charge is 0.0410 e. The summed E-state index contributed by atoms with van der Waals surface area (Å²) in [6, 6.07) is 2.69. The molecule has 1 heterocycles. The van der Waals surface area contributed by atoms with Crippen molar-refractivity contribution in [1.82, 2.24) is 10.3 Å².